The summed E-state index contributed by atoms with van der Waals surface area (Å²) in [6, 6.07) is -1.16. The van der Waals surface area contributed by atoms with Crippen LogP contribution in [0.25, 0.3) is 0 Å². The Kier molecular flexibility index (Phi) is 55.4. The number of unbranched alkanes of at least 4 members (excludes halogenated alkanes) is 50. The summed E-state index contributed by atoms with van der Waals surface area (Å²) < 4.78 is 11.2. The maximum atomic E-state index is 13.2. The van der Waals surface area contributed by atoms with Crippen molar-refractivity contribution < 1.29 is 50.0 Å². The molecule has 1 saturated heterocycles. The van der Waals surface area contributed by atoms with Crippen molar-refractivity contribution in [1.82, 2.24) is 5.32 Å². The Labute approximate surface area is 488 Å². The Hall–Kier alpha value is -0.890. The summed E-state index contributed by atoms with van der Waals surface area (Å²) in [5, 5.41) is 76.5. The van der Waals surface area contributed by atoms with Gasteiger partial charge in [0.1, 0.15) is 36.6 Å². The predicted molar refractivity (Wildman–Crippen MR) is 330 cm³/mol. The first-order chi connectivity index (χ1) is 38.7. The molecule has 1 heterocycles. The molecule has 0 saturated carbocycles. The molecule has 0 bridgehead atoms. The highest BCUT2D eigenvalue weighted by Crippen LogP contribution is 2.24. The lowest BCUT2D eigenvalue weighted by Crippen LogP contribution is -2.60. The van der Waals surface area contributed by atoms with E-state index in [0.29, 0.717) is 19.3 Å². The van der Waals surface area contributed by atoms with Gasteiger partial charge in [-0.1, -0.05) is 348 Å². The smallest absolute Gasteiger partial charge is 0.249 e. The summed E-state index contributed by atoms with van der Waals surface area (Å²) in [6.07, 6.45) is 57.6. The molecule has 11 nitrogen and oxygen atoms in total. The summed E-state index contributed by atoms with van der Waals surface area (Å²) in [7, 11) is 0. The number of rotatable bonds is 62. The van der Waals surface area contributed by atoms with Gasteiger partial charge >= 0.3 is 0 Å². The first-order valence-corrected chi connectivity index (χ1v) is 34.9. The Morgan fingerprint density at radius 3 is 0.937 bits per heavy atom. The van der Waals surface area contributed by atoms with Crippen molar-refractivity contribution in [2.45, 2.75) is 416 Å². The molecule has 79 heavy (non-hydrogen) atoms. The average Bonchev–Trinajstić information content (AvgIpc) is 3.46. The summed E-state index contributed by atoms with van der Waals surface area (Å²) in [4.78, 5) is 13.2. The zero-order chi connectivity index (χ0) is 57.5. The fourth-order valence-corrected chi connectivity index (χ4v) is 11.8. The van der Waals surface area contributed by atoms with Crippen LogP contribution in [0.4, 0.5) is 0 Å². The Balaban J connectivity index is 2.16. The van der Waals surface area contributed by atoms with E-state index in [1.165, 1.54) is 283 Å². The zero-order valence-electron chi connectivity index (χ0n) is 52.1. The summed E-state index contributed by atoms with van der Waals surface area (Å²) >= 11 is 0. The lowest BCUT2D eigenvalue weighted by molar-refractivity contribution is -0.303. The number of hydrogen-bond donors (Lipinski definition) is 8. The van der Waals surface area contributed by atoms with Crippen molar-refractivity contribution >= 4 is 5.91 Å². The summed E-state index contributed by atoms with van der Waals surface area (Å²) in [5.74, 6) is -0.687. The number of amides is 1. The van der Waals surface area contributed by atoms with Crippen LogP contribution in [0.2, 0.25) is 0 Å². The Morgan fingerprint density at radius 2 is 0.658 bits per heavy atom. The van der Waals surface area contributed by atoms with Gasteiger partial charge in [-0.15, -0.1) is 0 Å². The second kappa shape index (κ2) is 57.5. The topological polar surface area (TPSA) is 189 Å². The molecule has 0 aromatic rings. The van der Waals surface area contributed by atoms with Crippen LogP contribution in [-0.2, 0) is 14.3 Å². The van der Waals surface area contributed by atoms with E-state index in [4.69, 9.17) is 9.47 Å². The third-order valence-corrected chi connectivity index (χ3v) is 17.4. The third kappa shape index (κ3) is 45.2. The van der Waals surface area contributed by atoms with Gasteiger partial charge in [0, 0.05) is 0 Å². The average molecular weight is 1130 g/mol. The number of aliphatic hydroxyl groups excluding tert-OH is 7. The van der Waals surface area contributed by atoms with Crippen LogP contribution in [0.15, 0.2) is 0 Å². The van der Waals surface area contributed by atoms with E-state index < -0.39 is 74.2 Å². The van der Waals surface area contributed by atoms with Gasteiger partial charge in [0.25, 0.3) is 0 Å². The zero-order valence-corrected chi connectivity index (χ0v) is 52.1. The molecule has 8 N–H and O–H groups in total. The number of nitrogens with one attached hydrogen (secondary N) is 1. The van der Waals surface area contributed by atoms with E-state index in [1.807, 2.05) is 0 Å². The van der Waals surface area contributed by atoms with Crippen LogP contribution in [0, 0.1) is 0 Å². The molecular weight excluding hydrogens is 991 g/mol. The monoisotopic (exact) mass is 1130 g/mol. The molecule has 0 aromatic heterocycles. The van der Waals surface area contributed by atoms with Crippen LogP contribution in [0.5, 0.6) is 0 Å². The molecule has 1 fully saturated rings. The standard InChI is InChI=1S/C68H135NO10/c1-3-5-7-9-11-13-15-17-19-21-23-25-26-27-28-29-30-31-32-33-34-35-36-38-40-42-44-46-48-50-52-54-56-61(72)67(77)69-59(58-78-68-66(76)65(75)64(74)62(57-70)79-68)63(73)60(71)55-53-51-49-47-45-43-41-39-37-24-22-20-18-16-14-12-10-8-6-4-2/h59-66,68,70-76H,3-58H2,1-2H3,(H,69,77). The third-order valence-electron chi connectivity index (χ3n) is 17.4. The van der Waals surface area contributed by atoms with Gasteiger partial charge in [0.05, 0.1) is 25.4 Å². The minimum Gasteiger partial charge on any atom is -0.394 e. The van der Waals surface area contributed by atoms with E-state index >= 15 is 0 Å². The molecule has 472 valence electrons. The lowest BCUT2D eigenvalue weighted by Gasteiger charge is -2.40. The van der Waals surface area contributed by atoms with Crippen molar-refractivity contribution in [2.24, 2.45) is 0 Å². The van der Waals surface area contributed by atoms with E-state index in [9.17, 15) is 40.5 Å². The number of carbonyl (C=O) groups excluding carboxylic acids is 1. The molecular formula is C68H135NO10. The molecule has 1 aliphatic rings. The SMILES string of the molecule is CCCCCCCCCCCCCCCCCCCCCCCCCCCCCCCCCCC(O)C(=O)NC(COC1OC(CO)C(O)C(O)C1O)C(O)C(O)CCCCCCCCCCCCCCCCCCCCCC. The second-order valence-corrected chi connectivity index (χ2v) is 25.0. The van der Waals surface area contributed by atoms with E-state index in [0.717, 1.165) is 38.5 Å². The molecule has 9 unspecified atom stereocenters. The maximum Gasteiger partial charge on any atom is 0.249 e. The van der Waals surface area contributed by atoms with Crippen molar-refractivity contribution in [2.75, 3.05) is 13.2 Å². The van der Waals surface area contributed by atoms with Gasteiger partial charge in [-0.3, -0.25) is 4.79 Å². The van der Waals surface area contributed by atoms with Crippen LogP contribution >= 0.6 is 0 Å². The van der Waals surface area contributed by atoms with Crippen molar-refractivity contribution in [3.8, 4) is 0 Å². The van der Waals surface area contributed by atoms with Crippen LogP contribution in [-0.4, -0.2) is 110 Å². The van der Waals surface area contributed by atoms with Crippen LogP contribution in [0.1, 0.15) is 361 Å². The predicted octanol–water partition coefficient (Wildman–Crippen LogP) is 16.5. The second-order valence-electron chi connectivity index (χ2n) is 25.0. The quantitative estimate of drug-likeness (QED) is 0.0272. The number of hydrogen-bond acceptors (Lipinski definition) is 10. The summed E-state index contributed by atoms with van der Waals surface area (Å²) in [5.41, 5.74) is 0. The van der Waals surface area contributed by atoms with Crippen molar-refractivity contribution in [3.63, 3.8) is 0 Å². The van der Waals surface area contributed by atoms with Crippen LogP contribution < -0.4 is 5.32 Å². The highest BCUT2D eigenvalue weighted by molar-refractivity contribution is 5.80. The Bertz CT molecular complexity index is 1250. The number of aliphatic hydroxyl groups is 7. The molecule has 1 rings (SSSR count). The van der Waals surface area contributed by atoms with Gasteiger partial charge in [0.2, 0.25) is 5.91 Å². The molecule has 0 spiro atoms. The van der Waals surface area contributed by atoms with Crippen molar-refractivity contribution in [1.29, 1.82) is 0 Å². The fraction of sp³-hybridized carbons (Fsp3) is 0.985. The molecule has 0 aliphatic carbocycles. The highest BCUT2D eigenvalue weighted by atomic mass is 16.7. The van der Waals surface area contributed by atoms with E-state index in [-0.39, 0.29) is 6.42 Å². The van der Waals surface area contributed by atoms with Crippen molar-refractivity contribution in [3.05, 3.63) is 0 Å². The number of carbonyl (C=O) groups is 1. The fourth-order valence-electron chi connectivity index (χ4n) is 11.8. The minimum atomic E-state index is -1.66. The molecule has 1 aliphatic heterocycles. The van der Waals surface area contributed by atoms with E-state index in [2.05, 4.69) is 19.2 Å². The van der Waals surface area contributed by atoms with Crippen LogP contribution in [0.3, 0.4) is 0 Å². The van der Waals surface area contributed by atoms with Gasteiger partial charge in [-0.25, -0.2) is 0 Å². The van der Waals surface area contributed by atoms with Gasteiger partial charge < -0.3 is 50.5 Å². The van der Waals surface area contributed by atoms with E-state index in [1.54, 1.807) is 0 Å². The first kappa shape index (κ1) is 76.1. The number of ether oxygens (including phenoxy) is 2. The van der Waals surface area contributed by atoms with Gasteiger partial charge in [-0.05, 0) is 12.8 Å². The normalized spacial score (nSPS) is 19.2. The minimum absolute atomic E-state index is 0.268. The molecule has 0 aromatic carbocycles. The molecule has 9 atom stereocenters. The maximum absolute atomic E-state index is 13.2. The molecule has 1 amide bonds. The Morgan fingerprint density at radius 1 is 0.392 bits per heavy atom. The highest BCUT2D eigenvalue weighted by Gasteiger charge is 2.44. The summed E-state index contributed by atoms with van der Waals surface area (Å²) in [6.45, 7) is 3.52. The molecule has 0 radical (unpaired) electrons. The van der Waals surface area contributed by atoms with Gasteiger partial charge in [0.15, 0.2) is 6.29 Å². The first-order valence-electron chi connectivity index (χ1n) is 34.9. The van der Waals surface area contributed by atoms with Gasteiger partial charge in [-0.2, -0.15) is 0 Å². The molecule has 11 heteroatoms. The lowest BCUT2D eigenvalue weighted by atomic mass is 9.98. The largest absolute Gasteiger partial charge is 0.394 e.